The largest absolute Gasteiger partial charge is 0.367 e. The standard InChI is InChI=1S/C20H26N4O/c1-20(2,3)24-19(25)16-13-17(21-15-11-7-8-12-15)23-18(22-16)14-9-5-4-6-10-14/h4-6,9-10,13,15H,7-8,11-12H2,1-3H3,(H,24,25)(H,21,22,23). The van der Waals surface area contributed by atoms with Crippen molar-refractivity contribution in [3.05, 3.63) is 42.1 Å². The summed E-state index contributed by atoms with van der Waals surface area (Å²) in [5.74, 6) is 1.11. The lowest BCUT2D eigenvalue weighted by Gasteiger charge is -2.21. The molecule has 0 unspecified atom stereocenters. The number of nitrogens with zero attached hydrogens (tertiary/aromatic N) is 2. The van der Waals surface area contributed by atoms with Gasteiger partial charge < -0.3 is 10.6 Å². The number of carbonyl (C=O) groups excluding carboxylic acids is 1. The van der Waals surface area contributed by atoms with Crippen LogP contribution in [0.25, 0.3) is 11.4 Å². The Hall–Kier alpha value is -2.43. The summed E-state index contributed by atoms with van der Waals surface area (Å²) in [5, 5.41) is 6.46. The van der Waals surface area contributed by atoms with Gasteiger partial charge in [0.1, 0.15) is 11.5 Å². The molecule has 1 heterocycles. The van der Waals surface area contributed by atoms with Crippen LogP contribution < -0.4 is 10.6 Å². The topological polar surface area (TPSA) is 66.9 Å². The molecule has 0 atom stereocenters. The van der Waals surface area contributed by atoms with E-state index in [0.29, 0.717) is 17.6 Å². The number of anilines is 1. The fourth-order valence-corrected chi connectivity index (χ4v) is 3.04. The number of rotatable bonds is 4. The van der Waals surface area contributed by atoms with Crippen LogP contribution in [0.3, 0.4) is 0 Å². The fraction of sp³-hybridized carbons (Fsp3) is 0.450. The summed E-state index contributed by atoms with van der Waals surface area (Å²) < 4.78 is 0. The molecule has 2 N–H and O–H groups in total. The first-order valence-corrected chi connectivity index (χ1v) is 8.94. The molecule has 1 aromatic carbocycles. The quantitative estimate of drug-likeness (QED) is 0.883. The van der Waals surface area contributed by atoms with Gasteiger partial charge in [0.25, 0.3) is 5.91 Å². The lowest BCUT2D eigenvalue weighted by Crippen LogP contribution is -2.41. The van der Waals surface area contributed by atoms with Crippen molar-refractivity contribution >= 4 is 11.7 Å². The molecular weight excluding hydrogens is 312 g/mol. The summed E-state index contributed by atoms with van der Waals surface area (Å²) in [7, 11) is 0. The normalized spacial score (nSPS) is 15.2. The Morgan fingerprint density at radius 1 is 1.08 bits per heavy atom. The average molecular weight is 338 g/mol. The maximum atomic E-state index is 12.6. The van der Waals surface area contributed by atoms with Crippen LogP contribution in [0.2, 0.25) is 0 Å². The molecule has 25 heavy (non-hydrogen) atoms. The van der Waals surface area contributed by atoms with Gasteiger partial charge >= 0.3 is 0 Å². The first-order valence-electron chi connectivity index (χ1n) is 8.94. The van der Waals surface area contributed by atoms with E-state index in [-0.39, 0.29) is 11.4 Å². The first-order chi connectivity index (χ1) is 11.9. The number of hydrogen-bond donors (Lipinski definition) is 2. The summed E-state index contributed by atoms with van der Waals surface area (Å²) in [6, 6.07) is 12.0. The number of hydrogen-bond acceptors (Lipinski definition) is 4. The van der Waals surface area contributed by atoms with E-state index in [2.05, 4.69) is 20.6 Å². The summed E-state index contributed by atoms with van der Waals surface area (Å²) in [6.45, 7) is 5.88. The van der Waals surface area contributed by atoms with Crippen molar-refractivity contribution in [2.45, 2.75) is 58.0 Å². The average Bonchev–Trinajstić information content (AvgIpc) is 3.07. The summed E-state index contributed by atoms with van der Waals surface area (Å²) in [6.07, 6.45) is 4.78. The van der Waals surface area contributed by atoms with Crippen LogP contribution in [-0.2, 0) is 0 Å². The molecule has 5 nitrogen and oxygen atoms in total. The monoisotopic (exact) mass is 338 g/mol. The zero-order valence-corrected chi connectivity index (χ0v) is 15.2. The van der Waals surface area contributed by atoms with E-state index in [1.165, 1.54) is 12.8 Å². The molecule has 5 heteroatoms. The second kappa shape index (κ2) is 7.21. The molecule has 1 aliphatic carbocycles. The van der Waals surface area contributed by atoms with Gasteiger partial charge in [0, 0.05) is 23.2 Å². The van der Waals surface area contributed by atoms with Gasteiger partial charge in [0.05, 0.1) is 0 Å². The third-order valence-corrected chi connectivity index (χ3v) is 4.19. The molecule has 1 amide bonds. The molecule has 0 spiro atoms. The molecule has 0 saturated heterocycles. The lowest BCUT2D eigenvalue weighted by atomic mass is 10.1. The van der Waals surface area contributed by atoms with Crippen molar-refractivity contribution in [2.24, 2.45) is 0 Å². The smallest absolute Gasteiger partial charge is 0.270 e. The van der Waals surface area contributed by atoms with Gasteiger partial charge in [-0.05, 0) is 33.6 Å². The number of carbonyl (C=O) groups is 1. The minimum atomic E-state index is -0.312. The predicted molar refractivity (Wildman–Crippen MR) is 101 cm³/mol. The maximum absolute atomic E-state index is 12.6. The Morgan fingerprint density at radius 2 is 1.76 bits per heavy atom. The molecule has 1 aromatic heterocycles. The van der Waals surface area contributed by atoms with Gasteiger partial charge in [-0.2, -0.15) is 0 Å². The third kappa shape index (κ3) is 4.78. The van der Waals surface area contributed by atoms with Crippen molar-refractivity contribution in [3.63, 3.8) is 0 Å². The highest BCUT2D eigenvalue weighted by Crippen LogP contribution is 2.24. The van der Waals surface area contributed by atoms with Crippen LogP contribution in [0.4, 0.5) is 5.82 Å². The molecule has 2 aromatic rings. The Labute approximate surface area is 149 Å². The maximum Gasteiger partial charge on any atom is 0.270 e. The number of benzene rings is 1. The van der Waals surface area contributed by atoms with Crippen LogP contribution in [0, 0.1) is 0 Å². The zero-order valence-electron chi connectivity index (χ0n) is 15.2. The highest BCUT2D eigenvalue weighted by atomic mass is 16.2. The molecule has 1 fully saturated rings. The van der Waals surface area contributed by atoms with Crippen molar-refractivity contribution in [2.75, 3.05) is 5.32 Å². The lowest BCUT2D eigenvalue weighted by molar-refractivity contribution is 0.0914. The van der Waals surface area contributed by atoms with Crippen LogP contribution >= 0.6 is 0 Å². The second-order valence-electron chi connectivity index (χ2n) is 7.66. The molecule has 0 aliphatic heterocycles. The first kappa shape index (κ1) is 17.4. The molecule has 0 radical (unpaired) electrons. The van der Waals surface area contributed by atoms with Crippen molar-refractivity contribution in [1.29, 1.82) is 0 Å². The van der Waals surface area contributed by atoms with E-state index in [0.717, 1.165) is 24.2 Å². The van der Waals surface area contributed by atoms with E-state index in [9.17, 15) is 4.79 Å². The van der Waals surface area contributed by atoms with Crippen molar-refractivity contribution < 1.29 is 4.79 Å². The van der Waals surface area contributed by atoms with Gasteiger partial charge in [-0.15, -0.1) is 0 Å². The van der Waals surface area contributed by atoms with E-state index < -0.39 is 0 Å². The van der Waals surface area contributed by atoms with E-state index in [1.807, 2.05) is 51.1 Å². The van der Waals surface area contributed by atoms with Gasteiger partial charge in [0.2, 0.25) is 0 Å². The number of nitrogens with one attached hydrogen (secondary N) is 2. The van der Waals surface area contributed by atoms with Crippen LogP contribution in [0.1, 0.15) is 56.9 Å². The molecule has 3 rings (SSSR count). The Balaban J connectivity index is 1.94. The Morgan fingerprint density at radius 3 is 2.40 bits per heavy atom. The Bertz CT molecular complexity index is 731. The highest BCUT2D eigenvalue weighted by molar-refractivity contribution is 5.93. The molecular formula is C20H26N4O. The van der Waals surface area contributed by atoms with Crippen LogP contribution in [0.15, 0.2) is 36.4 Å². The molecule has 132 valence electrons. The summed E-state index contributed by atoms with van der Waals surface area (Å²) >= 11 is 0. The third-order valence-electron chi connectivity index (χ3n) is 4.19. The van der Waals surface area contributed by atoms with Gasteiger partial charge in [-0.3, -0.25) is 4.79 Å². The van der Waals surface area contributed by atoms with Gasteiger partial charge in [-0.25, -0.2) is 9.97 Å². The zero-order chi connectivity index (χ0) is 17.9. The van der Waals surface area contributed by atoms with E-state index >= 15 is 0 Å². The SMILES string of the molecule is CC(C)(C)NC(=O)c1cc(NC2CCCC2)nc(-c2ccccc2)n1. The summed E-state index contributed by atoms with van der Waals surface area (Å²) in [5.41, 5.74) is 0.986. The van der Waals surface area contributed by atoms with E-state index in [1.54, 1.807) is 6.07 Å². The minimum Gasteiger partial charge on any atom is -0.367 e. The molecule has 0 bridgehead atoms. The Kier molecular flexibility index (Phi) is 5.02. The fourth-order valence-electron chi connectivity index (χ4n) is 3.04. The predicted octanol–water partition coefficient (Wildman–Crippen LogP) is 4.03. The number of amides is 1. The molecule has 1 saturated carbocycles. The van der Waals surface area contributed by atoms with Gasteiger partial charge in [0.15, 0.2) is 5.82 Å². The van der Waals surface area contributed by atoms with Crippen molar-refractivity contribution in [1.82, 2.24) is 15.3 Å². The molecule has 1 aliphatic rings. The minimum absolute atomic E-state index is 0.179. The number of aromatic nitrogens is 2. The van der Waals surface area contributed by atoms with Gasteiger partial charge in [-0.1, -0.05) is 43.2 Å². The van der Waals surface area contributed by atoms with Crippen LogP contribution in [-0.4, -0.2) is 27.5 Å². The van der Waals surface area contributed by atoms with Crippen molar-refractivity contribution in [3.8, 4) is 11.4 Å². The second-order valence-corrected chi connectivity index (χ2v) is 7.66. The summed E-state index contributed by atoms with van der Waals surface area (Å²) in [4.78, 5) is 21.7. The highest BCUT2D eigenvalue weighted by Gasteiger charge is 2.20. The van der Waals surface area contributed by atoms with Crippen LogP contribution in [0.5, 0.6) is 0 Å². The van der Waals surface area contributed by atoms with E-state index in [4.69, 9.17) is 0 Å².